The summed E-state index contributed by atoms with van der Waals surface area (Å²) in [6, 6.07) is 12.4. The Morgan fingerprint density at radius 2 is 1.55 bits per heavy atom. The number of carbonyl (C=O) groups is 2. The Hall–Kier alpha value is -1.76. The molecule has 0 bridgehead atoms. The largest absolute Gasteiger partial charge is 0.414 e. The average molecular weight is 554 g/mol. The van der Waals surface area contributed by atoms with Crippen LogP contribution in [0.15, 0.2) is 36.4 Å². The van der Waals surface area contributed by atoms with Crippen LogP contribution in [-0.2, 0) is 9.22 Å². The van der Waals surface area contributed by atoms with E-state index in [1.165, 1.54) is 11.3 Å². The van der Waals surface area contributed by atoms with Gasteiger partial charge < -0.3 is 9.33 Å². The van der Waals surface area contributed by atoms with Crippen molar-refractivity contribution in [2.45, 2.75) is 116 Å². The van der Waals surface area contributed by atoms with Gasteiger partial charge in [0.2, 0.25) is 5.91 Å². The third-order valence-electron chi connectivity index (χ3n) is 9.23. The Bertz CT molecular complexity index is 1100. The molecule has 4 rings (SSSR count). The lowest BCUT2D eigenvalue weighted by Crippen LogP contribution is -2.49. The summed E-state index contributed by atoms with van der Waals surface area (Å²) < 4.78 is 6.77. The lowest BCUT2D eigenvalue weighted by atomic mass is 9.81. The van der Waals surface area contributed by atoms with E-state index in [2.05, 4.69) is 63.9 Å². The molecule has 2 aliphatic rings. The normalized spacial score (nSPS) is 24.7. The predicted octanol–water partition coefficient (Wildman–Crippen LogP) is 9.11. The molecule has 0 N–H and O–H groups in total. The number of ketones is 1. The first kappa shape index (κ1) is 29.2. The van der Waals surface area contributed by atoms with Gasteiger partial charge in [0.15, 0.2) is 14.1 Å². The van der Waals surface area contributed by atoms with Crippen LogP contribution in [0.5, 0.6) is 0 Å². The lowest BCUT2D eigenvalue weighted by molar-refractivity contribution is -0.124. The van der Waals surface area contributed by atoms with Gasteiger partial charge in [0.1, 0.15) is 0 Å². The number of Topliss-reactive ketones (excluding diaryl/α,β-unsaturated/α-hetero) is 1. The molecule has 0 radical (unpaired) electrons. The van der Waals surface area contributed by atoms with Crippen LogP contribution in [0, 0.1) is 11.8 Å². The molecule has 0 atom stereocenters. The summed E-state index contributed by atoms with van der Waals surface area (Å²) in [5, 5.41) is 0.185. The molecule has 1 heterocycles. The second-order valence-corrected chi connectivity index (χ2v) is 19.0. The van der Waals surface area contributed by atoms with E-state index in [9.17, 15) is 9.59 Å². The molecule has 2 saturated carbocycles. The van der Waals surface area contributed by atoms with E-state index in [1.807, 2.05) is 18.2 Å². The topological polar surface area (TPSA) is 46.6 Å². The fourth-order valence-electron chi connectivity index (χ4n) is 5.77. The fourth-order valence-corrected chi connectivity index (χ4v) is 8.24. The summed E-state index contributed by atoms with van der Waals surface area (Å²) in [6.07, 6.45) is 8.14. The van der Waals surface area contributed by atoms with Crippen LogP contribution in [0.25, 0.3) is 10.4 Å². The second-order valence-electron chi connectivity index (χ2n) is 13.2. The maximum Gasteiger partial charge on any atom is 0.230 e. The zero-order chi connectivity index (χ0) is 27.7. The predicted molar refractivity (Wildman–Crippen MR) is 163 cm³/mol. The molecule has 38 heavy (non-hydrogen) atoms. The van der Waals surface area contributed by atoms with Crippen molar-refractivity contribution in [2.75, 3.05) is 4.90 Å². The highest BCUT2D eigenvalue weighted by atomic mass is 32.1. The van der Waals surface area contributed by atoms with E-state index in [-0.39, 0.29) is 34.8 Å². The van der Waals surface area contributed by atoms with Gasteiger partial charge in [0.05, 0.1) is 10.6 Å². The van der Waals surface area contributed by atoms with Gasteiger partial charge >= 0.3 is 0 Å². The van der Waals surface area contributed by atoms with Crippen molar-refractivity contribution >= 4 is 37.0 Å². The highest BCUT2D eigenvalue weighted by molar-refractivity contribution is 7.18. The molecule has 2 aromatic rings. The molecule has 1 aromatic carbocycles. The quantitative estimate of drug-likeness (QED) is 0.254. The molecular weight excluding hydrogens is 507 g/mol. The fraction of sp³-hybridized carbons (Fsp3) is 0.625. The summed E-state index contributed by atoms with van der Waals surface area (Å²) in [4.78, 5) is 31.0. The van der Waals surface area contributed by atoms with Crippen LogP contribution < -0.4 is 4.90 Å². The number of hydrogen-bond acceptors (Lipinski definition) is 4. The van der Waals surface area contributed by atoms with Crippen LogP contribution >= 0.6 is 11.3 Å². The molecule has 1 amide bonds. The van der Waals surface area contributed by atoms with Crippen molar-refractivity contribution in [3.05, 3.63) is 41.3 Å². The van der Waals surface area contributed by atoms with Crippen LogP contribution in [-0.4, -0.2) is 32.2 Å². The Morgan fingerprint density at radius 1 is 0.947 bits per heavy atom. The van der Waals surface area contributed by atoms with Gasteiger partial charge in [-0.15, -0.1) is 11.3 Å². The zero-order valence-corrected chi connectivity index (χ0v) is 26.3. The summed E-state index contributed by atoms with van der Waals surface area (Å²) >= 11 is 1.53. The third kappa shape index (κ3) is 6.51. The van der Waals surface area contributed by atoms with Gasteiger partial charge in [0.25, 0.3) is 0 Å². The number of benzene rings is 1. The Kier molecular flexibility index (Phi) is 9.05. The second kappa shape index (κ2) is 11.8. The average Bonchev–Trinajstić information content (AvgIpc) is 3.31. The summed E-state index contributed by atoms with van der Waals surface area (Å²) in [5.74, 6) is 1.00. The van der Waals surface area contributed by atoms with Gasteiger partial charge in [-0.2, -0.15) is 0 Å². The number of anilines is 1. The molecular formula is C32H47NO3SSi. The van der Waals surface area contributed by atoms with Gasteiger partial charge in [-0.3, -0.25) is 9.59 Å². The maximum atomic E-state index is 14.3. The molecule has 2 aliphatic carbocycles. The van der Waals surface area contributed by atoms with E-state index in [0.717, 1.165) is 67.5 Å². The molecule has 0 spiro atoms. The molecule has 1 aromatic heterocycles. The standard InChI is InChI=1S/C32H47NO3SSi/c1-22-13-15-25(16-14-22)31(35)33(26-17-19-27(20-18-26)36-38(6,7)32(3,4)5)28-21-29(37-30(28)23(2)34)24-11-9-8-10-12-24/h8-12,21-22,25-27H,13-20H2,1-7H3/t22-,25-,26-,27+. The smallest absolute Gasteiger partial charge is 0.230 e. The van der Waals surface area contributed by atoms with Crippen molar-refractivity contribution < 1.29 is 14.0 Å². The molecule has 6 heteroatoms. The van der Waals surface area contributed by atoms with Crippen molar-refractivity contribution in [3.63, 3.8) is 0 Å². The van der Waals surface area contributed by atoms with E-state index < -0.39 is 8.32 Å². The third-order valence-corrected chi connectivity index (χ3v) is 15.0. The molecule has 4 nitrogen and oxygen atoms in total. The molecule has 0 unspecified atom stereocenters. The van der Waals surface area contributed by atoms with E-state index >= 15 is 0 Å². The van der Waals surface area contributed by atoms with E-state index in [4.69, 9.17) is 4.43 Å². The van der Waals surface area contributed by atoms with Crippen LogP contribution in [0.4, 0.5) is 5.69 Å². The van der Waals surface area contributed by atoms with Gasteiger partial charge in [-0.1, -0.05) is 58.0 Å². The Balaban J connectivity index is 1.63. The molecule has 2 fully saturated rings. The SMILES string of the molecule is CC(=O)c1sc(-c2ccccc2)cc1N(C(=O)[C@H]1CC[C@H](C)CC1)[C@H]1CC[C@@H](O[Si](C)(C)C(C)(C)C)CC1. The van der Waals surface area contributed by atoms with Crippen LogP contribution in [0.3, 0.4) is 0 Å². The monoisotopic (exact) mass is 553 g/mol. The minimum atomic E-state index is -1.84. The van der Waals surface area contributed by atoms with Gasteiger partial charge in [-0.25, -0.2) is 0 Å². The molecule has 0 saturated heterocycles. The van der Waals surface area contributed by atoms with Crippen molar-refractivity contribution in [3.8, 4) is 10.4 Å². The van der Waals surface area contributed by atoms with Crippen molar-refractivity contribution in [1.29, 1.82) is 0 Å². The summed E-state index contributed by atoms with van der Waals surface area (Å²) in [5.41, 5.74) is 1.93. The number of nitrogens with zero attached hydrogens (tertiary/aromatic N) is 1. The maximum absolute atomic E-state index is 14.3. The van der Waals surface area contributed by atoms with Crippen LogP contribution in [0.2, 0.25) is 18.1 Å². The number of thiophene rings is 1. The highest BCUT2D eigenvalue weighted by Gasteiger charge is 2.42. The van der Waals surface area contributed by atoms with E-state index in [1.54, 1.807) is 6.92 Å². The number of amides is 1. The number of hydrogen-bond donors (Lipinski definition) is 0. The van der Waals surface area contributed by atoms with Crippen LogP contribution in [0.1, 0.15) is 95.7 Å². The lowest BCUT2D eigenvalue weighted by Gasteiger charge is -2.43. The Morgan fingerprint density at radius 3 is 2.11 bits per heavy atom. The van der Waals surface area contributed by atoms with Crippen molar-refractivity contribution in [1.82, 2.24) is 0 Å². The highest BCUT2D eigenvalue weighted by Crippen LogP contribution is 2.43. The summed E-state index contributed by atoms with van der Waals surface area (Å²) in [7, 11) is -1.84. The van der Waals surface area contributed by atoms with Gasteiger partial charge in [-0.05, 0) is 87.0 Å². The van der Waals surface area contributed by atoms with Gasteiger partial charge in [0, 0.05) is 29.9 Å². The first-order chi connectivity index (χ1) is 17.9. The van der Waals surface area contributed by atoms with E-state index in [0.29, 0.717) is 10.8 Å². The zero-order valence-electron chi connectivity index (χ0n) is 24.5. The van der Waals surface area contributed by atoms with Crippen molar-refractivity contribution in [2.24, 2.45) is 11.8 Å². The first-order valence-corrected chi connectivity index (χ1v) is 18.3. The Labute approximate surface area is 235 Å². The summed E-state index contributed by atoms with van der Waals surface area (Å²) in [6.45, 7) is 15.5. The number of rotatable bonds is 7. The minimum Gasteiger partial charge on any atom is -0.414 e. The molecule has 208 valence electrons. The number of carbonyl (C=O) groups excluding carboxylic acids is 2. The molecule has 0 aliphatic heterocycles. The minimum absolute atomic E-state index is 0.0391. The first-order valence-electron chi connectivity index (χ1n) is 14.6.